The summed E-state index contributed by atoms with van der Waals surface area (Å²) in [4.78, 5) is 4.57. The van der Waals surface area contributed by atoms with Gasteiger partial charge in [-0.1, -0.05) is 18.2 Å². The molecule has 0 spiro atoms. The molecule has 1 unspecified atom stereocenters. The van der Waals surface area contributed by atoms with Crippen LogP contribution in [0.25, 0.3) is 0 Å². The van der Waals surface area contributed by atoms with Gasteiger partial charge in [-0.3, -0.25) is 4.99 Å². The molecule has 1 heterocycles. The van der Waals surface area contributed by atoms with E-state index in [-0.39, 0.29) is 11.5 Å². The van der Waals surface area contributed by atoms with Crippen LogP contribution in [0.3, 0.4) is 0 Å². The van der Waals surface area contributed by atoms with Crippen molar-refractivity contribution >= 4 is 5.84 Å². The summed E-state index contributed by atoms with van der Waals surface area (Å²) in [6, 6.07) is 8.07. The Kier molecular flexibility index (Phi) is 3.09. The van der Waals surface area contributed by atoms with Crippen LogP contribution < -0.4 is 10.5 Å². The van der Waals surface area contributed by atoms with Gasteiger partial charge in [0, 0.05) is 11.5 Å². The molecular formula is C14H20N2O. The summed E-state index contributed by atoms with van der Waals surface area (Å²) >= 11 is 0. The number of ether oxygens (including phenoxy) is 1. The fraction of sp³-hybridized carbons (Fsp3) is 0.500. The summed E-state index contributed by atoms with van der Waals surface area (Å²) in [5, 5.41) is 0. The fourth-order valence-electron chi connectivity index (χ4n) is 2.11. The van der Waals surface area contributed by atoms with Crippen LogP contribution in [0, 0.1) is 0 Å². The monoisotopic (exact) mass is 232 g/mol. The average molecular weight is 232 g/mol. The molecule has 1 aromatic carbocycles. The summed E-state index contributed by atoms with van der Waals surface area (Å²) in [6.45, 7) is 6.89. The van der Waals surface area contributed by atoms with E-state index in [2.05, 4.69) is 31.8 Å². The average Bonchev–Trinajstić information content (AvgIpc) is 2.26. The van der Waals surface area contributed by atoms with E-state index in [1.165, 1.54) is 0 Å². The molecule has 0 aromatic heterocycles. The molecule has 0 saturated heterocycles. The summed E-state index contributed by atoms with van der Waals surface area (Å²) in [5.74, 6) is 1.85. The van der Waals surface area contributed by atoms with Crippen molar-refractivity contribution < 1.29 is 4.74 Å². The predicted molar refractivity (Wildman–Crippen MR) is 70.7 cm³/mol. The van der Waals surface area contributed by atoms with Gasteiger partial charge in [0.2, 0.25) is 0 Å². The topological polar surface area (TPSA) is 47.6 Å². The van der Waals surface area contributed by atoms with E-state index in [1.54, 1.807) is 0 Å². The highest BCUT2D eigenvalue weighted by Crippen LogP contribution is 2.33. The maximum Gasteiger partial charge on any atom is 0.123 e. The molecule has 92 valence electrons. The minimum Gasteiger partial charge on any atom is -0.493 e. The third kappa shape index (κ3) is 2.78. The highest BCUT2D eigenvalue weighted by molar-refractivity contribution is 5.88. The quantitative estimate of drug-likeness (QED) is 0.598. The summed E-state index contributed by atoms with van der Waals surface area (Å²) in [5.41, 5.74) is 7.17. The molecule has 0 bridgehead atoms. The van der Waals surface area contributed by atoms with Crippen molar-refractivity contribution in [2.45, 2.75) is 38.6 Å². The van der Waals surface area contributed by atoms with Crippen LogP contribution in [-0.2, 0) is 0 Å². The first-order valence-corrected chi connectivity index (χ1v) is 6.04. The minimum atomic E-state index is -0.128. The van der Waals surface area contributed by atoms with E-state index in [4.69, 9.17) is 10.5 Å². The number of nitrogens with zero attached hydrogens (tertiary/aromatic N) is 1. The molecule has 17 heavy (non-hydrogen) atoms. The zero-order valence-electron chi connectivity index (χ0n) is 10.7. The number of hydrogen-bond acceptors (Lipinski definition) is 2. The van der Waals surface area contributed by atoms with E-state index < -0.39 is 0 Å². The zero-order chi connectivity index (χ0) is 12.5. The fourth-order valence-corrected chi connectivity index (χ4v) is 2.11. The SMILES string of the molecule is CC(C)(C)N=C(N)C1CCOc2ccccc21. The molecule has 1 aromatic rings. The third-order valence-electron chi connectivity index (χ3n) is 2.78. The summed E-state index contributed by atoms with van der Waals surface area (Å²) in [6.07, 6.45) is 0.905. The second-order valence-electron chi connectivity index (χ2n) is 5.44. The van der Waals surface area contributed by atoms with Crippen molar-refractivity contribution in [1.29, 1.82) is 0 Å². The van der Waals surface area contributed by atoms with Crippen LogP contribution in [0.2, 0.25) is 0 Å². The molecule has 0 radical (unpaired) electrons. The molecule has 3 heteroatoms. The molecule has 2 N–H and O–H groups in total. The van der Waals surface area contributed by atoms with Gasteiger partial charge in [-0.25, -0.2) is 0 Å². The highest BCUT2D eigenvalue weighted by Gasteiger charge is 2.25. The Morgan fingerprint density at radius 1 is 1.35 bits per heavy atom. The molecule has 2 rings (SSSR count). The van der Waals surface area contributed by atoms with Crippen LogP contribution >= 0.6 is 0 Å². The molecule has 0 fully saturated rings. The van der Waals surface area contributed by atoms with Crippen molar-refractivity contribution in [3.05, 3.63) is 29.8 Å². The smallest absolute Gasteiger partial charge is 0.123 e. The van der Waals surface area contributed by atoms with E-state index >= 15 is 0 Å². The van der Waals surface area contributed by atoms with E-state index in [0.717, 1.165) is 17.7 Å². The van der Waals surface area contributed by atoms with Gasteiger partial charge in [0.15, 0.2) is 0 Å². The van der Waals surface area contributed by atoms with Gasteiger partial charge in [0.1, 0.15) is 11.6 Å². The number of nitrogens with two attached hydrogens (primary N) is 1. The molecule has 0 saturated carbocycles. The zero-order valence-corrected chi connectivity index (χ0v) is 10.7. The van der Waals surface area contributed by atoms with Crippen LogP contribution in [0.1, 0.15) is 38.7 Å². The predicted octanol–water partition coefficient (Wildman–Crippen LogP) is 2.71. The van der Waals surface area contributed by atoms with Gasteiger partial charge >= 0.3 is 0 Å². The molecular weight excluding hydrogens is 212 g/mol. The third-order valence-corrected chi connectivity index (χ3v) is 2.78. The molecule has 0 amide bonds. The van der Waals surface area contributed by atoms with Crippen LogP contribution in [0.4, 0.5) is 0 Å². The lowest BCUT2D eigenvalue weighted by Crippen LogP contribution is -2.30. The first-order valence-electron chi connectivity index (χ1n) is 6.04. The summed E-state index contributed by atoms with van der Waals surface area (Å²) in [7, 11) is 0. The van der Waals surface area contributed by atoms with Gasteiger partial charge in [0.05, 0.1) is 12.1 Å². The second kappa shape index (κ2) is 4.40. The minimum absolute atomic E-state index is 0.128. The highest BCUT2D eigenvalue weighted by atomic mass is 16.5. The van der Waals surface area contributed by atoms with Gasteiger partial charge in [0.25, 0.3) is 0 Å². The molecule has 1 aliphatic rings. The molecule has 1 aliphatic heterocycles. The van der Waals surface area contributed by atoms with Gasteiger partial charge in [-0.15, -0.1) is 0 Å². The van der Waals surface area contributed by atoms with Crippen molar-refractivity contribution in [1.82, 2.24) is 0 Å². The van der Waals surface area contributed by atoms with Gasteiger partial charge in [-0.05, 0) is 33.3 Å². The van der Waals surface area contributed by atoms with E-state index in [9.17, 15) is 0 Å². The lowest BCUT2D eigenvalue weighted by atomic mass is 9.92. The maximum absolute atomic E-state index is 6.14. The molecule has 3 nitrogen and oxygen atoms in total. The number of benzene rings is 1. The number of aliphatic imine (C=N–C) groups is 1. The molecule has 1 atom stereocenters. The van der Waals surface area contributed by atoms with Crippen molar-refractivity contribution in [2.75, 3.05) is 6.61 Å². The Morgan fingerprint density at radius 2 is 2.06 bits per heavy atom. The van der Waals surface area contributed by atoms with Crippen molar-refractivity contribution in [3.63, 3.8) is 0 Å². The van der Waals surface area contributed by atoms with Gasteiger partial charge in [-0.2, -0.15) is 0 Å². The second-order valence-corrected chi connectivity index (χ2v) is 5.44. The number of rotatable bonds is 1. The number of para-hydroxylation sites is 1. The Balaban J connectivity index is 2.33. The van der Waals surface area contributed by atoms with Crippen molar-refractivity contribution in [2.24, 2.45) is 10.7 Å². The standard InChI is InChI=1S/C14H20N2O/c1-14(2,3)16-13(15)11-8-9-17-12-7-5-4-6-10(11)12/h4-7,11H,8-9H2,1-3H3,(H2,15,16). The van der Waals surface area contributed by atoms with Crippen LogP contribution in [-0.4, -0.2) is 18.0 Å². The Morgan fingerprint density at radius 3 is 2.76 bits per heavy atom. The maximum atomic E-state index is 6.14. The Bertz CT molecular complexity index is 432. The number of amidine groups is 1. The van der Waals surface area contributed by atoms with Crippen molar-refractivity contribution in [3.8, 4) is 5.75 Å². The normalized spacial score (nSPS) is 20.6. The van der Waals surface area contributed by atoms with Crippen LogP contribution in [0.15, 0.2) is 29.3 Å². The van der Waals surface area contributed by atoms with Crippen LogP contribution in [0.5, 0.6) is 5.75 Å². The summed E-state index contributed by atoms with van der Waals surface area (Å²) < 4.78 is 5.62. The van der Waals surface area contributed by atoms with E-state index in [0.29, 0.717) is 12.4 Å². The first kappa shape index (κ1) is 12.0. The number of hydrogen-bond donors (Lipinski definition) is 1. The largest absolute Gasteiger partial charge is 0.493 e. The Hall–Kier alpha value is -1.51. The number of fused-ring (bicyclic) bond motifs is 1. The first-order chi connectivity index (χ1) is 7.97. The lowest BCUT2D eigenvalue weighted by molar-refractivity contribution is 0.281. The lowest BCUT2D eigenvalue weighted by Gasteiger charge is -2.27. The molecule has 0 aliphatic carbocycles. The van der Waals surface area contributed by atoms with E-state index in [1.807, 2.05) is 18.2 Å². The Labute approximate surface area is 103 Å². The van der Waals surface area contributed by atoms with Gasteiger partial charge < -0.3 is 10.5 Å².